The lowest BCUT2D eigenvalue weighted by Crippen LogP contribution is -2.37. The average Bonchev–Trinajstić information content (AvgIpc) is 2.68. The number of hydrogen-bond donors (Lipinski definition) is 1. The normalized spacial score (nSPS) is 15.6. The Kier molecular flexibility index (Phi) is 5.24. The SMILES string of the molecule is Cc1cc(C(C)Nc2cccc(Cl)c2)c2oc(N3CCOCC3)nc(=O)c2c1. The molecule has 2 heterocycles. The van der Waals surface area contributed by atoms with Crippen molar-refractivity contribution in [1.29, 1.82) is 0 Å². The molecule has 1 unspecified atom stereocenters. The maximum absolute atomic E-state index is 12.7. The van der Waals surface area contributed by atoms with Gasteiger partial charge in [0.15, 0.2) is 0 Å². The Morgan fingerprint density at radius 3 is 2.75 bits per heavy atom. The molecule has 1 saturated heterocycles. The van der Waals surface area contributed by atoms with Gasteiger partial charge >= 0.3 is 6.01 Å². The summed E-state index contributed by atoms with van der Waals surface area (Å²) in [5.41, 5.74) is 3.08. The van der Waals surface area contributed by atoms with Gasteiger partial charge in [-0.25, -0.2) is 0 Å². The van der Waals surface area contributed by atoms with Crippen LogP contribution in [0.3, 0.4) is 0 Å². The molecule has 0 radical (unpaired) electrons. The number of anilines is 2. The van der Waals surface area contributed by atoms with Gasteiger partial charge in [-0.2, -0.15) is 4.98 Å². The van der Waals surface area contributed by atoms with Crippen LogP contribution in [0.4, 0.5) is 11.7 Å². The van der Waals surface area contributed by atoms with Crippen molar-refractivity contribution in [1.82, 2.24) is 4.98 Å². The fourth-order valence-electron chi connectivity index (χ4n) is 3.45. The third-order valence-electron chi connectivity index (χ3n) is 4.84. The summed E-state index contributed by atoms with van der Waals surface area (Å²) in [6.07, 6.45) is 0. The van der Waals surface area contributed by atoms with E-state index >= 15 is 0 Å². The molecular formula is C21H22ClN3O3. The molecule has 0 saturated carbocycles. The Balaban J connectivity index is 1.77. The van der Waals surface area contributed by atoms with Gasteiger partial charge in [-0.3, -0.25) is 4.79 Å². The number of ether oxygens (including phenoxy) is 1. The molecule has 0 bridgehead atoms. The molecule has 1 atom stereocenters. The van der Waals surface area contributed by atoms with Gasteiger partial charge in [0.2, 0.25) is 0 Å². The summed E-state index contributed by atoms with van der Waals surface area (Å²) in [5.74, 6) is 0. The molecule has 1 fully saturated rings. The summed E-state index contributed by atoms with van der Waals surface area (Å²) in [6.45, 7) is 6.49. The van der Waals surface area contributed by atoms with Crippen molar-refractivity contribution in [2.24, 2.45) is 0 Å². The summed E-state index contributed by atoms with van der Waals surface area (Å²) in [6, 6.07) is 11.7. The number of fused-ring (bicyclic) bond motifs is 1. The van der Waals surface area contributed by atoms with E-state index in [1.165, 1.54) is 0 Å². The number of nitrogens with one attached hydrogen (secondary N) is 1. The largest absolute Gasteiger partial charge is 0.424 e. The van der Waals surface area contributed by atoms with Crippen LogP contribution in [-0.2, 0) is 4.74 Å². The van der Waals surface area contributed by atoms with Crippen LogP contribution in [-0.4, -0.2) is 31.3 Å². The van der Waals surface area contributed by atoms with Crippen LogP contribution in [0.1, 0.15) is 24.1 Å². The van der Waals surface area contributed by atoms with Crippen LogP contribution in [0.15, 0.2) is 45.6 Å². The monoisotopic (exact) mass is 399 g/mol. The predicted octanol–water partition coefficient (Wildman–Crippen LogP) is 4.16. The first-order valence-corrected chi connectivity index (χ1v) is 9.69. The van der Waals surface area contributed by atoms with Crippen molar-refractivity contribution >= 4 is 34.3 Å². The van der Waals surface area contributed by atoms with Crippen LogP contribution in [0, 0.1) is 6.92 Å². The molecule has 3 aromatic rings. The first kappa shape index (κ1) is 18.8. The fourth-order valence-corrected chi connectivity index (χ4v) is 3.64. The lowest BCUT2D eigenvalue weighted by Gasteiger charge is -2.26. The van der Waals surface area contributed by atoms with Crippen LogP contribution in [0.25, 0.3) is 11.0 Å². The fraction of sp³-hybridized carbons (Fsp3) is 0.333. The molecule has 2 aromatic carbocycles. The van der Waals surface area contributed by atoms with Crippen molar-refractivity contribution in [3.63, 3.8) is 0 Å². The minimum absolute atomic E-state index is 0.0936. The van der Waals surface area contributed by atoms with Gasteiger partial charge < -0.3 is 19.4 Å². The number of benzene rings is 2. The van der Waals surface area contributed by atoms with Crippen LogP contribution < -0.4 is 15.8 Å². The Labute approximate surface area is 168 Å². The molecule has 146 valence electrons. The standard InChI is InChI=1S/C21H22ClN3O3/c1-13-10-17(14(2)23-16-5-3-4-15(22)12-16)19-18(11-13)20(26)24-21(28-19)25-6-8-27-9-7-25/h3-5,10-12,14,23H,6-9H2,1-2H3. The highest BCUT2D eigenvalue weighted by Gasteiger charge is 2.20. The second kappa shape index (κ2) is 7.81. The molecule has 4 rings (SSSR count). The van der Waals surface area contributed by atoms with Gasteiger partial charge in [0.05, 0.1) is 24.6 Å². The average molecular weight is 400 g/mol. The highest BCUT2D eigenvalue weighted by Crippen LogP contribution is 2.29. The number of halogens is 1. The Morgan fingerprint density at radius 1 is 1.21 bits per heavy atom. The maximum atomic E-state index is 12.7. The van der Waals surface area contributed by atoms with Crippen molar-refractivity contribution in [2.75, 3.05) is 36.5 Å². The zero-order valence-corrected chi connectivity index (χ0v) is 16.6. The lowest BCUT2D eigenvalue weighted by atomic mass is 10.0. The molecular weight excluding hydrogens is 378 g/mol. The quantitative estimate of drug-likeness (QED) is 0.710. The second-order valence-electron chi connectivity index (χ2n) is 7.01. The number of aromatic nitrogens is 1. The van der Waals surface area contributed by atoms with E-state index in [9.17, 15) is 4.79 Å². The second-order valence-corrected chi connectivity index (χ2v) is 7.44. The summed E-state index contributed by atoms with van der Waals surface area (Å²) in [7, 11) is 0. The van der Waals surface area contributed by atoms with Gasteiger partial charge in [-0.05, 0) is 43.7 Å². The number of rotatable bonds is 4. The van der Waals surface area contributed by atoms with Gasteiger partial charge in [-0.1, -0.05) is 23.7 Å². The molecule has 7 heteroatoms. The molecule has 6 nitrogen and oxygen atoms in total. The third-order valence-corrected chi connectivity index (χ3v) is 5.07. The summed E-state index contributed by atoms with van der Waals surface area (Å²) >= 11 is 6.10. The highest BCUT2D eigenvalue weighted by molar-refractivity contribution is 6.30. The molecule has 0 amide bonds. The molecule has 1 aliphatic rings. The smallest absolute Gasteiger partial charge is 0.301 e. The number of aryl methyl sites for hydroxylation is 1. The summed E-state index contributed by atoms with van der Waals surface area (Å²) in [5, 5.41) is 4.59. The minimum Gasteiger partial charge on any atom is -0.424 e. The Morgan fingerprint density at radius 2 is 2.00 bits per heavy atom. The van der Waals surface area contributed by atoms with Gasteiger partial charge in [0, 0.05) is 29.4 Å². The molecule has 1 N–H and O–H groups in total. The molecule has 28 heavy (non-hydrogen) atoms. The van der Waals surface area contributed by atoms with E-state index in [1.807, 2.05) is 55.1 Å². The van der Waals surface area contributed by atoms with Crippen LogP contribution in [0.2, 0.25) is 5.02 Å². The number of morpholine rings is 1. The lowest BCUT2D eigenvalue weighted by molar-refractivity contribution is 0.120. The predicted molar refractivity (Wildman–Crippen MR) is 112 cm³/mol. The summed E-state index contributed by atoms with van der Waals surface area (Å²) < 4.78 is 11.5. The van der Waals surface area contributed by atoms with E-state index in [4.69, 9.17) is 20.8 Å². The van der Waals surface area contributed by atoms with E-state index in [-0.39, 0.29) is 11.6 Å². The first-order chi connectivity index (χ1) is 13.5. The van der Waals surface area contributed by atoms with Crippen molar-refractivity contribution < 1.29 is 9.15 Å². The van der Waals surface area contributed by atoms with Gasteiger partial charge in [-0.15, -0.1) is 0 Å². The van der Waals surface area contributed by atoms with Gasteiger partial charge in [0.25, 0.3) is 5.56 Å². The van der Waals surface area contributed by atoms with Crippen LogP contribution in [0.5, 0.6) is 0 Å². The van der Waals surface area contributed by atoms with Crippen LogP contribution >= 0.6 is 11.6 Å². The van der Waals surface area contributed by atoms with E-state index < -0.39 is 0 Å². The third kappa shape index (κ3) is 3.84. The zero-order valence-electron chi connectivity index (χ0n) is 15.9. The van der Waals surface area contributed by atoms with Crippen molar-refractivity contribution in [3.8, 4) is 0 Å². The highest BCUT2D eigenvalue weighted by atomic mass is 35.5. The molecule has 0 aliphatic carbocycles. The minimum atomic E-state index is -0.275. The van der Waals surface area contributed by atoms with Gasteiger partial charge in [0.1, 0.15) is 5.58 Å². The summed E-state index contributed by atoms with van der Waals surface area (Å²) in [4.78, 5) is 18.8. The molecule has 1 aliphatic heterocycles. The Hall–Kier alpha value is -2.57. The van der Waals surface area contributed by atoms with Crippen molar-refractivity contribution in [2.45, 2.75) is 19.9 Å². The first-order valence-electron chi connectivity index (χ1n) is 9.31. The van der Waals surface area contributed by atoms with E-state index in [0.717, 1.165) is 16.8 Å². The zero-order chi connectivity index (χ0) is 19.7. The topological polar surface area (TPSA) is 67.6 Å². The maximum Gasteiger partial charge on any atom is 0.301 e. The van der Waals surface area contributed by atoms with E-state index in [2.05, 4.69) is 10.3 Å². The van der Waals surface area contributed by atoms with E-state index in [0.29, 0.717) is 48.3 Å². The molecule has 1 aromatic heterocycles. The van der Waals surface area contributed by atoms with Crippen molar-refractivity contribution in [3.05, 3.63) is 62.9 Å². The number of hydrogen-bond acceptors (Lipinski definition) is 6. The Bertz CT molecular complexity index is 1060. The van der Waals surface area contributed by atoms with E-state index in [1.54, 1.807) is 0 Å². The number of nitrogens with zero attached hydrogens (tertiary/aromatic N) is 2. The molecule has 0 spiro atoms.